The van der Waals surface area contributed by atoms with Crippen molar-refractivity contribution in [2.75, 3.05) is 23.3 Å². The SMILES string of the molecule is CC1CCN(C(=O)CNc2ccccc2)c2ccccc21.Cl. The quantitative estimate of drug-likeness (QED) is 0.926. The Morgan fingerprint density at radius 3 is 2.59 bits per heavy atom. The number of anilines is 2. The zero-order valence-electron chi connectivity index (χ0n) is 12.7. The van der Waals surface area contributed by atoms with Crippen LogP contribution < -0.4 is 10.2 Å². The number of rotatable bonds is 3. The lowest BCUT2D eigenvalue weighted by Gasteiger charge is -2.33. The number of carbonyl (C=O) groups is 1. The van der Waals surface area contributed by atoms with E-state index in [-0.39, 0.29) is 18.3 Å². The third kappa shape index (κ3) is 3.42. The number of benzene rings is 2. The molecule has 1 atom stereocenters. The number of nitrogens with one attached hydrogen (secondary N) is 1. The van der Waals surface area contributed by atoms with E-state index in [2.05, 4.69) is 18.3 Å². The Kier molecular flexibility index (Phi) is 5.45. The van der Waals surface area contributed by atoms with Crippen molar-refractivity contribution in [3.05, 3.63) is 60.2 Å². The summed E-state index contributed by atoms with van der Waals surface area (Å²) in [4.78, 5) is 14.4. The topological polar surface area (TPSA) is 32.3 Å². The van der Waals surface area contributed by atoms with Gasteiger partial charge in [0.05, 0.1) is 6.54 Å². The Morgan fingerprint density at radius 2 is 1.82 bits per heavy atom. The molecule has 2 aromatic rings. The monoisotopic (exact) mass is 316 g/mol. The molecule has 1 aliphatic rings. The summed E-state index contributed by atoms with van der Waals surface area (Å²) in [6.07, 6.45) is 1.02. The van der Waals surface area contributed by atoms with E-state index in [4.69, 9.17) is 0 Å². The molecule has 0 radical (unpaired) electrons. The smallest absolute Gasteiger partial charge is 0.246 e. The van der Waals surface area contributed by atoms with Gasteiger partial charge in [0.2, 0.25) is 5.91 Å². The molecule has 1 aliphatic heterocycles. The summed E-state index contributed by atoms with van der Waals surface area (Å²) >= 11 is 0. The molecule has 1 amide bonds. The van der Waals surface area contributed by atoms with Gasteiger partial charge in [0.1, 0.15) is 0 Å². The Balaban J connectivity index is 0.00000176. The largest absolute Gasteiger partial charge is 0.376 e. The van der Waals surface area contributed by atoms with Gasteiger partial charge in [-0.3, -0.25) is 4.79 Å². The van der Waals surface area contributed by atoms with Crippen molar-refractivity contribution in [3.63, 3.8) is 0 Å². The Hall–Kier alpha value is -2.00. The first-order valence-electron chi connectivity index (χ1n) is 7.44. The molecule has 0 fully saturated rings. The minimum absolute atomic E-state index is 0. The van der Waals surface area contributed by atoms with Crippen molar-refractivity contribution in [1.29, 1.82) is 0 Å². The lowest BCUT2D eigenvalue weighted by molar-refractivity contribution is -0.117. The molecule has 0 saturated carbocycles. The van der Waals surface area contributed by atoms with Crippen molar-refractivity contribution >= 4 is 29.7 Å². The van der Waals surface area contributed by atoms with Gasteiger partial charge in [0.15, 0.2) is 0 Å². The number of halogens is 1. The molecule has 3 nitrogen and oxygen atoms in total. The van der Waals surface area contributed by atoms with E-state index in [1.165, 1.54) is 5.56 Å². The lowest BCUT2D eigenvalue weighted by atomic mass is 9.91. The van der Waals surface area contributed by atoms with Gasteiger partial charge in [-0.2, -0.15) is 0 Å². The van der Waals surface area contributed by atoms with Crippen LogP contribution in [0.3, 0.4) is 0 Å². The van der Waals surface area contributed by atoms with Gasteiger partial charge in [-0.1, -0.05) is 43.3 Å². The molecular weight excluding hydrogens is 296 g/mol. The Morgan fingerprint density at radius 1 is 1.14 bits per heavy atom. The van der Waals surface area contributed by atoms with Gasteiger partial charge in [0, 0.05) is 17.9 Å². The number of carbonyl (C=O) groups excluding carboxylic acids is 1. The van der Waals surface area contributed by atoms with Crippen molar-refractivity contribution in [2.24, 2.45) is 0 Å². The normalized spacial score (nSPS) is 16.4. The van der Waals surface area contributed by atoms with Crippen LogP contribution in [0.2, 0.25) is 0 Å². The highest BCUT2D eigenvalue weighted by atomic mass is 35.5. The molecule has 1 unspecified atom stereocenters. The molecule has 2 aromatic carbocycles. The first-order valence-corrected chi connectivity index (χ1v) is 7.44. The maximum Gasteiger partial charge on any atom is 0.246 e. The Labute approximate surface area is 137 Å². The minimum Gasteiger partial charge on any atom is -0.376 e. The molecule has 0 aromatic heterocycles. The van der Waals surface area contributed by atoms with Crippen LogP contribution in [0.4, 0.5) is 11.4 Å². The molecule has 0 aliphatic carbocycles. The average molecular weight is 317 g/mol. The number of amides is 1. The van der Waals surface area contributed by atoms with Crippen LogP contribution in [0.1, 0.15) is 24.8 Å². The number of hydrogen-bond donors (Lipinski definition) is 1. The molecule has 22 heavy (non-hydrogen) atoms. The second kappa shape index (κ2) is 7.32. The van der Waals surface area contributed by atoms with E-state index >= 15 is 0 Å². The predicted octanol–water partition coefficient (Wildman–Crippen LogP) is 4.06. The van der Waals surface area contributed by atoms with Crippen molar-refractivity contribution in [3.8, 4) is 0 Å². The maximum atomic E-state index is 12.5. The van der Waals surface area contributed by atoms with Crippen LogP contribution in [-0.2, 0) is 4.79 Å². The average Bonchev–Trinajstić information content (AvgIpc) is 2.54. The summed E-state index contributed by atoms with van der Waals surface area (Å²) in [5, 5.41) is 3.19. The molecule has 0 bridgehead atoms. The van der Waals surface area contributed by atoms with Gasteiger partial charge in [-0.15, -0.1) is 12.4 Å². The molecule has 0 saturated heterocycles. The number of fused-ring (bicyclic) bond motifs is 1. The van der Waals surface area contributed by atoms with Crippen LogP contribution in [0.5, 0.6) is 0 Å². The Bertz CT molecular complexity index is 630. The summed E-state index contributed by atoms with van der Waals surface area (Å²) in [6, 6.07) is 18.1. The summed E-state index contributed by atoms with van der Waals surface area (Å²) in [7, 11) is 0. The molecule has 1 N–H and O–H groups in total. The summed E-state index contributed by atoms with van der Waals surface area (Å²) in [6.45, 7) is 3.35. The van der Waals surface area contributed by atoms with Gasteiger partial charge in [0.25, 0.3) is 0 Å². The zero-order valence-corrected chi connectivity index (χ0v) is 13.5. The standard InChI is InChI=1S/C18H20N2O.ClH/c1-14-11-12-20(17-10-6-5-9-16(14)17)18(21)13-19-15-7-3-2-4-8-15;/h2-10,14,19H,11-13H2,1H3;1H. The summed E-state index contributed by atoms with van der Waals surface area (Å²) in [5.41, 5.74) is 3.32. The van der Waals surface area contributed by atoms with Crippen LogP contribution >= 0.6 is 12.4 Å². The van der Waals surface area contributed by atoms with Crippen molar-refractivity contribution in [2.45, 2.75) is 19.3 Å². The van der Waals surface area contributed by atoms with E-state index in [0.717, 1.165) is 24.3 Å². The molecular formula is C18H21ClN2O. The fraction of sp³-hybridized carbons (Fsp3) is 0.278. The molecule has 4 heteroatoms. The van der Waals surface area contributed by atoms with Gasteiger partial charge in [-0.05, 0) is 36.1 Å². The van der Waals surface area contributed by atoms with Crippen molar-refractivity contribution in [1.82, 2.24) is 0 Å². The highest BCUT2D eigenvalue weighted by Crippen LogP contribution is 2.34. The fourth-order valence-electron chi connectivity index (χ4n) is 2.84. The highest BCUT2D eigenvalue weighted by Gasteiger charge is 2.25. The van der Waals surface area contributed by atoms with Gasteiger partial charge < -0.3 is 10.2 Å². The second-order valence-corrected chi connectivity index (χ2v) is 5.51. The van der Waals surface area contributed by atoms with Crippen LogP contribution in [0.15, 0.2) is 54.6 Å². The van der Waals surface area contributed by atoms with Crippen LogP contribution in [-0.4, -0.2) is 19.0 Å². The second-order valence-electron chi connectivity index (χ2n) is 5.51. The number of nitrogens with zero attached hydrogens (tertiary/aromatic N) is 1. The van der Waals surface area contributed by atoms with E-state index in [1.807, 2.05) is 53.4 Å². The molecule has 116 valence electrons. The fourth-order valence-corrected chi connectivity index (χ4v) is 2.84. The highest BCUT2D eigenvalue weighted by molar-refractivity contribution is 5.97. The zero-order chi connectivity index (χ0) is 14.7. The van der Waals surface area contributed by atoms with Crippen LogP contribution in [0, 0.1) is 0 Å². The van der Waals surface area contributed by atoms with E-state index in [9.17, 15) is 4.79 Å². The van der Waals surface area contributed by atoms with Crippen molar-refractivity contribution < 1.29 is 4.79 Å². The molecule has 3 rings (SSSR count). The minimum atomic E-state index is 0. The van der Waals surface area contributed by atoms with Crippen LogP contribution in [0.25, 0.3) is 0 Å². The van der Waals surface area contributed by atoms with Gasteiger partial charge in [-0.25, -0.2) is 0 Å². The van der Waals surface area contributed by atoms with E-state index < -0.39 is 0 Å². The first-order chi connectivity index (χ1) is 10.3. The van der Waals surface area contributed by atoms with Gasteiger partial charge >= 0.3 is 0 Å². The molecule has 0 spiro atoms. The third-order valence-electron chi connectivity index (χ3n) is 4.06. The lowest BCUT2D eigenvalue weighted by Crippen LogP contribution is -2.39. The van der Waals surface area contributed by atoms with E-state index in [1.54, 1.807) is 0 Å². The summed E-state index contributed by atoms with van der Waals surface area (Å²) < 4.78 is 0. The summed E-state index contributed by atoms with van der Waals surface area (Å²) in [5.74, 6) is 0.644. The maximum absolute atomic E-state index is 12.5. The van der Waals surface area contributed by atoms with E-state index in [0.29, 0.717) is 12.5 Å². The predicted molar refractivity (Wildman–Crippen MR) is 94.0 cm³/mol. The number of para-hydroxylation sites is 2. The first kappa shape index (κ1) is 16.4. The molecule has 1 heterocycles. The third-order valence-corrected chi connectivity index (χ3v) is 4.06. The number of hydrogen-bond acceptors (Lipinski definition) is 2.